The molecule has 9 heteroatoms. The lowest BCUT2D eigenvalue weighted by atomic mass is 9.95. The first-order valence-electron chi connectivity index (χ1n) is 9.43. The van der Waals surface area contributed by atoms with Crippen molar-refractivity contribution in [2.45, 2.75) is 64.1 Å². The topological polar surface area (TPSA) is 64.0 Å². The minimum atomic E-state index is -4.53. The summed E-state index contributed by atoms with van der Waals surface area (Å²) in [5.41, 5.74) is 1.33. The number of nitrogens with one attached hydrogen (secondary N) is 1. The third kappa shape index (κ3) is 3.47. The van der Waals surface area contributed by atoms with Crippen molar-refractivity contribution in [3.8, 4) is 0 Å². The number of amides is 1. The Kier molecular flexibility index (Phi) is 5.03. The predicted molar refractivity (Wildman–Crippen MR) is 98.8 cm³/mol. The van der Waals surface area contributed by atoms with E-state index < -0.39 is 17.8 Å². The van der Waals surface area contributed by atoms with Crippen LogP contribution in [0.1, 0.15) is 63.4 Å². The van der Waals surface area contributed by atoms with Gasteiger partial charge in [-0.05, 0) is 56.9 Å². The Morgan fingerprint density at radius 3 is 2.50 bits per heavy atom. The average Bonchev–Trinajstić information content (AvgIpc) is 3.19. The zero-order valence-electron chi connectivity index (χ0n) is 15.2. The monoisotopic (exact) mass is 411 g/mol. The Hall–Kier alpha value is -2.16. The second-order valence-electron chi connectivity index (χ2n) is 7.26. The molecule has 2 aliphatic rings. The molecular weight excluding hydrogens is 391 g/mol. The van der Waals surface area contributed by atoms with Gasteiger partial charge in [-0.3, -0.25) is 14.3 Å². The number of thiophene rings is 1. The van der Waals surface area contributed by atoms with Crippen LogP contribution in [0.15, 0.2) is 0 Å². The lowest BCUT2D eigenvalue weighted by molar-refractivity contribution is -0.142. The molecule has 0 fully saturated rings. The number of anilines is 1. The molecule has 1 amide bonds. The Bertz CT molecular complexity index is 930. The summed E-state index contributed by atoms with van der Waals surface area (Å²) in [6, 6.07) is 0. The van der Waals surface area contributed by atoms with E-state index in [0.717, 1.165) is 48.8 Å². The van der Waals surface area contributed by atoms with Gasteiger partial charge in [-0.15, -0.1) is 11.3 Å². The minimum Gasteiger partial charge on any atom is -0.315 e. The van der Waals surface area contributed by atoms with E-state index in [9.17, 15) is 22.8 Å². The quantitative estimate of drug-likeness (QED) is 0.768. The highest BCUT2D eigenvalue weighted by atomic mass is 32.1. The number of carbonyl (C=O) groups is 2. The summed E-state index contributed by atoms with van der Waals surface area (Å²) in [5, 5.41) is 6.94. The molecule has 1 N–H and O–H groups in total. The number of alkyl halides is 3. The number of hydrogen-bond acceptors (Lipinski definition) is 4. The van der Waals surface area contributed by atoms with Crippen LogP contribution in [0.2, 0.25) is 0 Å². The molecule has 2 aromatic heterocycles. The van der Waals surface area contributed by atoms with Gasteiger partial charge in [0.05, 0.1) is 5.56 Å². The number of carbonyl (C=O) groups excluding carboxylic acids is 2. The Balaban J connectivity index is 1.58. The first-order valence-corrected chi connectivity index (χ1v) is 10.3. The molecule has 0 aromatic carbocycles. The summed E-state index contributed by atoms with van der Waals surface area (Å²) in [4.78, 5) is 25.2. The van der Waals surface area contributed by atoms with Crippen LogP contribution in [-0.2, 0) is 43.2 Å². The number of aromatic nitrogens is 2. The van der Waals surface area contributed by atoms with E-state index in [-0.39, 0.29) is 12.1 Å². The van der Waals surface area contributed by atoms with E-state index in [1.54, 1.807) is 0 Å². The maximum Gasteiger partial charge on any atom is 0.435 e. The van der Waals surface area contributed by atoms with Gasteiger partial charge in [0.25, 0.3) is 0 Å². The molecule has 0 unspecified atom stereocenters. The van der Waals surface area contributed by atoms with Crippen molar-refractivity contribution >= 4 is 28.5 Å². The largest absolute Gasteiger partial charge is 0.435 e. The van der Waals surface area contributed by atoms with Crippen molar-refractivity contribution < 1.29 is 22.8 Å². The van der Waals surface area contributed by atoms with Gasteiger partial charge in [0.1, 0.15) is 11.5 Å². The molecule has 0 saturated carbocycles. The van der Waals surface area contributed by atoms with Gasteiger partial charge in [-0.1, -0.05) is 0 Å². The van der Waals surface area contributed by atoms with Crippen molar-refractivity contribution in [3.05, 3.63) is 33.0 Å². The van der Waals surface area contributed by atoms with Crippen LogP contribution in [0.5, 0.6) is 0 Å². The number of hydrogen-bond donors (Lipinski definition) is 1. The van der Waals surface area contributed by atoms with Gasteiger partial charge in [-0.2, -0.15) is 18.3 Å². The standard InChI is InChI=1S/C19H20F3N3O2S/c20-19(21,22)17-12-6-1-3-7-14(12)25(24-17)9-16(27)23-18-13(10-26)11-5-2-4-8-15(11)28-18/h10H,1-9H2,(H,23,27). The van der Waals surface area contributed by atoms with Crippen LogP contribution in [0.3, 0.4) is 0 Å². The summed E-state index contributed by atoms with van der Waals surface area (Å²) < 4.78 is 41.1. The summed E-state index contributed by atoms with van der Waals surface area (Å²) >= 11 is 1.39. The molecule has 0 radical (unpaired) electrons. The maximum absolute atomic E-state index is 13.3. The lowest BCUT2D eigenvalue weighted by Gasteiger charge is -2.14. The first kappa shape index (κ1) is 19.2. The molecule has 0 spiro atoms. The fourth-order valence-electron chi connectivity index (χ4n) is 4.14. The van der Waals surface area contributed by atoms with Crippen molar-refractivity contribution in [3.63, 3.8) is 0 Å². The Morgan fingerprint density at radius 1 is 1.11 bits per heavy atom. The SMILES string of the molecule is O=Cc1c(NC(=O)Cn2nc(C(F)(F)F)c3c2CCCC3)sc2c1CCCC2. The molecule has 2 heterocycles. The average molecular weight is 411 g/mol. The van der Waals surface area contributed by atoms with Crippen LogP contribution >= 0.6 is 11.3 Å². The second-order valence-corrected chi connectivity index (χ2v) is 8.36. The highest BCUT2D eigenvalue weighted by Crippen LogP contribution is 2.38. The van der Waals surface area contributed by atoms with E-state index in [1.807, 2.05) is 0 Å². The van der Waals surface area contributed by atoms with E-state index in [0.29, 0.717) is 35.5 Å². The minimum absolute atomic E-state index is 0.215. The fraction of sp³-hybridized carbons (Fsp3) is 0.526. The van der Waals surface area contributed by atoms with Crippen LogP contribution < -0.4 is 5.32 Å². The highest BCUT2D eigenvalue weighted by molar-refractivity contribution is 7.16. The van der Waals surface area contributed by atoms with Gasteiger partial charge >= 0.3 is 6.18 Å². The van der Waals surface area contributed by atoms with Gasteiger partial charge in [0.2, 0.25) is 5.91 Å². The second kappa shape index (κ2) is 7.35. The molecular formula is C19H20F3N3O2S. The molecule has 0 aliphatic heterocycles. The van der Waals surface area contributed by atoms with E-state index in [2.05, 4.69) is 10.4 Å². The summed E-state index contributed by atoms with van der Waals surface area (Å²) in [7, 11) is 0. The molecule has 2 aromatic rings. The van der Waals surface area contributed by atoms with Gasteiger partial charge in [0, 0.05) is 16.1 Å². The third-order valence-electron chi connectivity index (χ3n) is 5.40. The van der Waals surface area contributed by atoms with Gasteiger partial charge < -0.3 is 5.32 Å². The molecule has 28 heavy (non-hydrogen) atoms. The van der Waals surface area contributed by atoms with E-state index in [4.69, 9.17) is 0 Å². The third-order valence-corrected chi connectivity index (χ3v) is 6.62. The van der Waals surface area contributed by atoms with Crippen LogP contribution in [0.4, 0.5) is 18.2 Å². The molecule has 4 rings (SSSR count). The van der Waals surface area contributed by atoms with E-state index >= 15 is 0 Å². The van der Waals surface area contributed by atoms with Crippen LogP contribution in [0.25, 0.3) is 0 Å². The molecule has 0 bridgehead atoms. The smallest absolute Gasteiger partial charge is 0.315 e. The summed E-state index contributed by atoms with van der Waals surface area (Å²) in [6.07, 6.45) is 2.29. The van der Waals surface area contributed by atoms with Crippen molar-refractivity contribution in [2.75, 3.05) is 5.32 Å². The summed E-state index contributed by atoms with van der Waals surface area (Å²) in [6.45, 7) is -0.292. The van der Waals surface area contributed by atoms with E-state index in [1.165, 1.54) is 16.0 Å². The number of rotatable bonds is 4. The zero-order chi connectivity index (χ0) is 19.9. The van der Waals surface area contributed by atoms with Gasteiger partial charge in [-0.25, -0.2) is 0 Å². The predicted octanol–water partition coefficient (Wildman–Crippen LogP) is 4.17. The summed E-state index contributed by atoms with van der Waals surface area (Å²) in [5.74, 6) is -0.466. The molecule has 2 aliphatic carbocycles. The number of nitrogens with zero attached hydrogens (tertiary/aromatic N) is 2. The molecule has 150 valence electrons. The number of aldehydes is 1. The van der Waals surface area contributed by atoms with Crippen LogP contribution in [-0.4, -0.2) is 22.0 Å². The van der Waals surface area contributed by atoms with Crippen molar-refractivity contribution in [1.82, 2.24) is 9.78 Å². The van der Waals surface area contributed by atoms with Gasteiger partial charge in [0.15, 0.2) is 12.0 Å². The molecule has 0 atom stereocenters. The van der Waals surface area contributed by atoms with Crippen molar-refractivity contribution in [2.24, 2.45) is 0 Å². The number of halogens is 3. The molecule has 0 saturated heterocycles. The molecule has 5 nitrogen and oxygen atoms in total. The number of aryl methyl sites for hydroxylation is 1. The first-order chi connectivity index (χ1) is 13.4. The zero-order valence-corrected chi connectivity index (χ0v) is 16.0. The van der Waals surface area contributed by atoms with Crippen molar-refractivity contribution in [1.29, 1.82) is 0 Å². The van der Waals surface area contributed by atoms with Crippen LogP contribution in [0, 0.1) is 0 Å². The fourth-order valence-corrected chi connectivity index (χ4v) is 5.41. The highest BCUT2D eigenvalue weighted by Gasteiger charge is 2.39. The Morgan fingerprint density at radius 2 is 1.79 bits per heavy atom. The lowest BCUT2D eigenvalue weighted by Crippen LogP contribution is -2.22. The maximum atomic E-state index is 13.3. The normalized spacial score (nSPS) is 16.4. The Labute approximate surface area is 163 Å². The number of fused-ring (bicyclic) bond motifs is 2.